The highest BCUT2D eigenvalue weighted by Crippen LogP contribution is 2.41. The zero-order valence-electron chi connectivity index (χ0n) is 30.0. The van der Waals surface area contributed by atoms with Crippen molar-refractivity contribution in [3.63, 3.8) is 0 Å². The van der Waals surface area contributed by atoms with Crippen LogP contribution in [0.25, 0.3) is 99.2 Å². The van der Waals surface area contributed by atoms with Gasteiger partial charge in [-0.2, -0.15) is 0 Å². The second-order valence-electron chi connectivity index (χ2n) is 13.8. The minimum Gasteiger partial charge on any atom is -0.455 e. The van der Waals surface area contributed by atoms with E-state index < -0.39 is 0 Å². The van der Waals surface area contributed by atoms with E-state index in [1.807, 2.05) is 24.3 Å². The molecule has 0 fully saturated rings. The van der Waals surface area contributed by atoms with Crippen molar-refractivity contribution in [2.75, 3.05) is 0 Å². The van der Waals surface area contributed by atoms with Crippen molar-refractivity contribution in [1.29, 1.82) is 0 Å². The van der Waals surface area contributed by atoms with Gasteiger partial charge in [-0.3, -0.25) is 0 Å². The van der Waals surface area contributed by atoms with Gasteiger partial charge in [-0.25, -0.2) is 0 Å². The molecule has 0 atom stereocenters. The lowest BCUT2D eigenvalue weighted by Gasteiger charge is -2.08. The zero-order valence-corrected chi connectivity index (χ0v) is 33.2. The van der Waals surface area contributed by atoms with E-state index in [4.69, 9.17) is 8.83 Å². The molecule has 11 aromatic rings. The zero-order chi connectivity index (χ0) is 37.6. The fraction of sp³-hybridized carbons (Fsp3) is 0. The first-order chi connectivity index (χ1) is 27.6. The number of halogens is 2. The second kappa shape index (κ2) is 14.5. The Morgan fingerprint density at radius 3 is 1.34 bits per heavy atom. The molecule has 56 heavy (non-hydrogen) atoms. The minimum atomic E-state index is 0.928. The fourth-order valence-corrected chi connectivity index (χ4v) is 8.85. The molecule has 2 nitrogen and oxygen atoms in total. The summed E-state index contributed by atoms with van der Waals surface area (Å²) in [6.45, 7) is 0. The van der Waals surface area contributed by atoms with Crippen molar-refractivity contribution in [2.24, 2.45) is 0 Å². The van der Waals surface area contributed by atoms with E-state index in [-0.39, 0.29) is 0 Å². The van der Waals surface area contributed by atoms with Crippen molar-refractivity contribution >= 4 is 86.5 Å². The molecule has 2 aromatic heterocycles. The molecule has 0 bridgehead atoms. The number of fused-ring (bicyclic) bond motifs is 8. The maximum atomic E-state index is 6.51. The lowest BCUT2D eigenvalue weighted by atomic mass is 9.97. The number of benzene rings is 9. The standard InChI is InChI=1S/C28H17BrO.C24H15BrO/c29-26-14-4-3-10-21(26)19-8-5-9-20(17-19)23-12-6-13-24-25-16-15-18-7-1-2-11-22(18)27(25)30-28(23)24;25-22-13-3-1-9-18(22)16-7-5-8-17(15-16)19-11-6-12-21-20-10-2-4-14-23(20)26-24(19)21/h1-17H;1-15H. The summed E-state index contributed by atoms with van der Waals surface area (Å²) in [7, 11) is 0. The lowest BCUT2D eigenvalue weighted by Crippen LogP contribution is -1.83. The number of furan rings is 2. The molecule has 0 unspecified atom stereocenters. The predicted molar refractivity (Wildman–Crippen MR) is 242 cm³/mol. The van der Waals surface area contributed by atoms with Crippen LogP contribution >= 0.6 is 31.9 Å². The summed E-state index contributed by atoms with van der Waals surface area (Å²) in [6.07, 6.45) is 0. The lowest BCUT2D eigenvalue weighted by molar-refractivity contribution is 0.670. The molecule has 0 aliphatic rings. The van der Waals surface area contributed by atoms with Crippen LogP contribution in [0.2, 0.25) is 0 Å². The molecule has 0 saturated heterocycles. The highest BCUT2D eigenvalue weighted by atomic mass is 79.9. The van der Waals surface area contributed by atoms with Crippen LogP contribution in [0, 0.1) is 0 Å². The molecule has 0 saturated carbocycles. The quantitative estimate of drug-likeness (QED) is 0.176. The maximum absolute atomic E-state index is 6.51. The average molecular weight is 849 g/mol. The molecule has 2 heterocycles. The Kier molecular flexibility index (Phi) is 8.86. The van der Waals surface area contributed by atoms with E-state index in [2.05, 4.69) is 202 Å². The summed E-state index contributed by atoms with van der Waals surface area (Å²) in [5, 5.41) is 6.98. The van der Waals surface area contributed by atoms with Gasteiger partial charge in [0.2, 0.25) is 0 Å². The van der Waals surface area contributed by atoms with Crippen molar-refractivity contribution in [2.45, 2.75) is 0 Å². The molecule has 4 heteroatoms. The Balaban J connectivity index is 0.000000139. The third-order valence-corrected chi connectivity index (χ3v) is 11.9. The molecule has 0 N–H and O–H groups in total. The van der Waals surface area contributed by atoms with Crippen LogP contribution in [0.4, 0.5) is 0 Å². The van der Waals surface area contributed by atoms with Crippen LogP contribution in [-0.4, -0.2) is 0 Å². The summed E-state index contributed by atoms with van der Waals surface area (Å²) < 4.78 is 14.9. The van der Waals surface area contributed by atoms with Gasteiger partial charge in [0.05, 0.1) is 0 Å². The monoisotopic (exact) mass is 846 g/mol. The number of hydrogen-bond acceptors (Lipinski definition) is 2. The van der Waals surface area contributed by atoms with Gasteiger partial charge >= 0.3 is 0 Å². The van der Waals surface area contributed by atoms with Gasteiger partial charge in [0, 0.05) is 47.0 Å². The molecule has 11 rings (SSSR count). The Bertz CT molecular complexity index is 3240. The van der Waals surface area contributed by atoms with E-state index in [0.29, 0.717) is 0 Å². The van der Waals surface area contributed by atoms with Crippen molar-refractivity contribution in [1.82, 2.24) is 0 Å². The number of hydrogen-bond donors (Lipinski definition) is 0. The largest absolute Gasteiger partial charge is 0.455 e. The molecule has 9 aromatic carbocycles. The summed E-state index contributed by atoms with van der Waals surface area (Å²) >= 11 is 7.34. The summed E-state index contributed by atoms with van der Waals surface area (Å²) in [4.78, 5) is 0. The van der Waals surface area contributed by atoms with Crippen molar-refractivity contribution < 1.29 is 8.83 Å². The average Bonchev–Trinajstić information content (AvgIpc) is 3.84. The molecule has 0 radical (unpaired) electrons. The van der Waals surface area contributed by atoms with Crippen LogP contribution in [0.1, 0.15) is 0 Å². The van der Waals surface area contributed by atoms with Crippen LogP contribution in [-0.2, 0) is 0 Å². The van der Waals surface area contributed by atoms with E-state index in [1.54, 1.807) is 0 Å². The Hall–Kier alpha value is -6.20. The molecule has 0 amide bonds. The van der Waals surface area contributed by atoms with Crippen molar-refractivity contribution in [3.8, 4) is 44.5 Å². The third kappa shape index (κ3) is 6.12. The summed E-state index contributed by atoms with van der Waals surface area (Å²) in [5.41, 5.74) is 13.0. The molecule has 0 spiro atoms. The molecule has 266 valence electrons. The van der Waals surface area contributed by atoms with Crippen molar-refractivity contribution in [3.05, 3.63) is 203 Å². The van der Waals surface area contributed by atoms with E-state index in [9.17, 15) is 0 Å². The van der Waals surface area contributed by atoms with Gasteiger partial charge in [-0.05, 0) is 75.2 Å². The van der Waals surface area contributed by atoms with Gasteiger partial charge in [0.15, 0.2) is 0 Å². The maximum Gasteiger partial charge on any atom is 0.143 e. The van der Waals surface area contributed by atoms with E-state index >= 15 is 0 Å². The fourth-order valence-electron chi connectivity index (χ4n) is 7.83. The van der Waals surface area contributed by atoms with E-state index in [1.165, 1.54) is 27.6 Å². The molecular formula is C52H32Br2O2. The minimum absolute atomic E-state index is 0.928. The van der Waals surface area contributed by atoms with Gasteiger partial charge in [-0.1, -0.05) is 190 Å². The van der Waals surface area contributed by atoms with Crippen LogP contribution < -0.4 is 0 Å². The van der Waals surface area contributed by atoms with Crippen LogP contribution in [0.15, 0.2) is 212 Å². The highest BCUT2D eigenvalue weighted by molar-refractivity contribution is 9.11. The van der Waals surface area contributed by atoms with Gasteiger partial charge in [0.1, 0.15) is 22.3 Å². The molecule has 0 aliphatic carbocycles. The molecular weight excluding hydrogens is 816 g/mol. The normalized spacial score (nSPS) is 11.4. The summed E-state index contributed by atoms with van der Waals surface area (Å²) in [5.74, 6) is 0. The second-order valence-corrected chi connectivity index (χ2v) is 15.6. The third-order valence-electron chi connectivity index (χ3n) is 10.5. The topological polar surface area (TPSA) is 26.3 Å². The SMILES string of the molecule is Brc1ccccc1-c1cccc(-c2cccc3c2oc2c4ccccc4ccc32)c1.Brc1ccccc1-c1cccc(-c2cccc3c2oc2ccccc23)c1. The van der Waals surface area contributed by atoms with Gasteiger partial charge < -0.3 is 8.83 Å². The van der Waals surface area contributed by atoms with Crippen LogP contribution in [0.3, 0.4) is 0 Å². The predicted octanol–water partition coefficient (Wildman–Crippen LogP) is 16.5. The number of para-hydroxylation sites is 3. The van der Waals surface area contributed by atoms with Gasteiger partial charge in [-0.15, -0.1) is 0 Å². The smallest absolute Gasteiger partial charge is 0.143 e. The first-order valence-electron chi connectivity index (χ1n) is 18.5. The first kappa shape index (κ1) is 34.3. The highest BCUT2D eigenvalue weighted by Gasteiger charge is 2.16. The summed E-state index contributed by atoms with van der Waals surface area (Å²) in [6, 6.07) is 67.6. The Morgan fingerprint density at radius 2 is 0.714 bits per heavy atom. The van der Waals surface area contributed by atoms with Gasteiger partial charge in [0.25, 0.3) is 0 Å². The Labute approximate surface area is 340 Å². The number of rotatable bonds is 4. The Morgan fingerprint density at radius 1 is 0.286 bits per heavy atom. The van der Waals surface area contributed by atoms with Crippen LogP contribution in [0.5, 0.6) is 0 Å². The molecule has 0 aliphatic heterocycles. The van der Waals surface area contributed by atoms with E-state index in [0.717, 1.165) is 80.5 Å². The first-order valence-corrected chi connectivity index (χ1v) is 20.1.